The molecule has 0 amide bonds. The molecule has 3 aromatic heterocycles. The minimum Gasteiger partial charge on any atom is -0.346 e. The van der Waals surface area contributed by atoms with Gasteiger partial charge < -0.3 is 9.55 Å². The van der Waals surface area contributed by atoms with Crippen LogP contribution in [0.25, 0.3) is 22.1 Å². The van der Waals surface area contributed by atoms with E-state index in [4.69, 9.17) is 4.98 Å². The molecule has 0 bridgehead atoms. The number of nitrogens with one attached hydrogen (secondary N) is 1. The summed E-state index contributed by atoms with van der Waals surface area (Å²) < 4.78 is 2.48. The molecule has 1 aliphatic carbocycles. The Hall–Kier alpha value is -1.84. The molecule has 3 aromatic rings. The van der Waals surface area contributed by atoms with Crippen molar-refractivity contribution in [3.05, 3.63) is 24.3 Å². The number of aromatic nitrogens is 4. The monoisotopic (exact) mass is 254 g/mol. The van der Waals surface area contributed by atoms with Gasteiger partial charge in [0.1, 0.15) is 17.0 Å². The second-order valence-electron chi connectivity index (χ2n) is 5.70. The minimum absolute atomic E-state index is 0.319. The molecule has 0 saturated heterocycles. The van der Waals surface area contributed by atoms with Gasteiger partial charge in [-0.1, -0.05) is 13.3 Å². The summed E-state index contributed by atoms with van der Waals surface area (Å²) in [5.74, 6) is 1.12. The summed E-state index contributed by atoms with van der Waals surface area (Å²) in [6.07, 6.45) is 8.87. The van der Waals surface area contributed by atoms with Gasteiger partial charge in [0.25, 0.3) is 0 Å². The number of imidazole rings is 1. The Morgan fingerprint density at radius 1 is 1.42 bits per heavy atom. The molecule has 1 aliphatic rings. The fraction of sp³-hybridized carbons (Fsp3) is 0.467. The van der Waals surface area contributed by atoms with Crippen molar-refractivity contribution in [1.82, 2.24) is 19.5 Å². The molecule has 0 atom stereocenters. The lowest BCUT2D eigenvalue weighted by atomic mass is 10.1. The average Bonchev–Trinajstić information content (AvgIpc) is 2.87. The van der Waals surface area contributed by atoms with Gasteiger partial charge in [0.15, 0.2) is 0 Å². The quantitative estimate of drug-likeness (QED) is 0.777. The van der Waals surface area contributed by atoms with Crippen LogP contribution in [0.15, 0.2) is 18.5 Å². The van der Waals surface area contributed by atoms with Crippen LogP contribution in [0.2, 0.25) is 0 Å². The standard InChI is InChI=1S/C15H18N4/c1-3-5-15(6-7-15)19-10(2)18-12-9-17-14-11(13(12)19)4-8-16-14/h4,8-9H,3,5-7H2,1-2H3,(H,16,17). The number of hydrogen-bond donors (Lipinski definition) is 1. The lowest BCUT2D eigenvalue weighted by Gasteiger charge is -2.19. The number of pyridine rings is 1. The van der Waals surface area contributed by atoms with E-state index in [2.05, 4.69) is 34.4 Å². The van der Waals surface area contributed by atoms with Crippen LogP contribution in [-0.2, 0) is 5.54 Å². The van der Waals surface area contributed by atoms with Crippen molar-refractivity contribution in [3.63, 3.8) is 0 Å². The fourth-order valence-corrected chi connectivity index (χ4v) is 3.46. The van der Waals surface area contributed by atoms with Crippen molar-refractivity contribution in [2.45, 2.75) is 45.1 Å². The maximum Gasteiger partial charge on any atom is 0.139 e. The smallest absolute Gasteiger partial charge is 0.139 e. The van der Waals surface area contributed by atoms with Gasteiger partial charge in [-0.15, -0.1) is 0 Å². The first-order chi connectivity index (χ1) is 9.25. The highest BCUT2D eigenvalue weighted by molar-refractivity contribution is 6.01. The molecule has 4 heteroatoms. The predicted octanol–water partition coefficient (Wildman–Crippen LogP) is 3.51. The Kier molecular flexibility index (Phi) is 2.08. The minimum atomic E-state index is 0.319. The molecule has 0 radical (unpaired) electrons. The summed E-state index contributed by atoms with van der Waals surface area (Å²) in [4.78, 5) is 12.4. The van der Waals surface area contributed by atoms with Gasteiger partial charge in [0.05, 0.1) is 11.7 Å². The van der Waals surface area contributed by atoms with Crippen LogP contribution < -0.4 is 0 Å². The summed E-state index contributed by atoms with van der Waals surface area (Å²) >= 11 is 0. The van der Waals surface area contributed by atoms with Gasteiger partial charge in [0, 0.05) is 17.1 Å². The molecule has 0 aromatic carbocycles. The van der Waals surface area contributed by atoms with Crippen LogP contribution in [0.1, 0.15) is 38.4 Å². The zero-order chi connectivity index (χ0) is 13.0. The molecule has 4 rings (SSSR count). The normalized spacial score (nSPS) is 17.4. The molecular weight excluding hydrogens is 236 g/mol. The van der Waals surface area contributed by atoms with E-state index in [1.165, 1.54) is 36.6 Å². The van der Waals surface area contributed by atoms with Crippen LogP contribution in [0.4, 0.5) is 0 Å². The molecule has 1 N–H and O–H groups in total. The SMILES string of the molecule is CCCC1(n2c(C)nc3cnc4[nH]ccc4c32)CC1. The highest BCUT2D eigenvalue weighted by Gasteiger charge is 2.45. The van der Waals surface area contributed by atoms with Gasteiger partial charge in [-0.05, 0) is 32.3 Å². The largest absolute Gasteiger partial charge is 0.346 e. The van der Waals surface area contributed by atoms with E-state index in [9.17, 15) is 0 Å². The molecule has 1 fully saturated rings. The van der Waals surface area contributed by atoms with Crippen molar-refractivity contribution in [2.24, 2.45) is 0 Å². The number of aryl methyl sites for hydroxylation is 1. The summed E-state index contributed by atoms with van der Waals surface area (Å²) in [6, 6.07) is 2.12. The van der Waals surface area contributed by atoms with Crippen molar-refractivity contribution < 1.29 is 0 Å². The number of hydrogen-bond acceptors (Lipinski definition) is 2. The van der Waals surface area contributed by atoms with Gasteiger partial charge in [0.2, 0.25) is 0 Å². The first-order valence-corrected chi connectivity index (χ1v) is 7.07. The first-order valence-electron chi connectivity index (χ1n) is 7.07. The summed E-state index contributed by atoms with van der Waals surface area (Å²) in [5.41, 5.74) is 3.56. The van der Waals surface area contributed by atoms with Gasteiger partial charge in [-0.2, -0.15) is 0 Å². The first kappa shape index (κ1) is 11.0. The third-order valence-electron chi connectivity index (χ3n) is 4.39. The lowest BCUT2D eigenvalue weighted by Crippen LogP contribution is -2.18. The molecule has 3 heterocycles. The Morgan fingerprint density at radius 3 is 3.00 bits per heavy atom. The van der Waals surface area contributed by atoms with Crippen LogP contribution in [0.5, 0.6) is 0 Å². The summed E-state index contributed by atoms with van der Waals surface area (Å²) in [7, 11) is 0. The molecule has 1 saturated carbocycles. The fourth-order valence-electron chi connectivity index (χ4n) is 3.46. The molecular formula is C15H18N4. The second-order valence-corrected chi connectivity index (χ2v) is 5.70. The number of nitrogens with zero attached hydrogens (tertiary/aromatic N) is 3. The maximum absolute atomic E-state index is 4.72. The second kappa shape index (κ2) is 3.59. The van der Waals surface area contributed by atoms with Gasteiger partial charge >= 0.3 is 0 Å². The number of rotatable bonds is 3. The molecule has 0 aliphatic heterocycles. The third-order valence-corrected chi connectivity index (χ3v) is 4.39. The zero-order valence-corrected chi connectivity index (χ0v) is 11.4. The van der Waals surface area contributed by atoms with E-state index < -0.39 is 0 Å². The zero-order valence-electron chi connectivity index (χ0n) is 11.4. The van der Waals surface area contributed by atoms with E-state index in [1.54, 1.807) is 0 Å². The van der Waals surface area contributed by atoms with Gasteiger partial charge in [-0.3, -0.25) is 0 Å². The Bertz CT molecular complexity index is 761. The van der Waals surface area contributed by atoms with E-state index in [-0.39, 0.29) is 0 Å². The molecule has 98 valence electrons. The van der Waals surface area contributed by atoms with Gasteiger partial charge in [-0.25, -0.2) is 9.97 Å². The number of aromatic amines is 1. The average molecular weight is 254 g/mol. The van der Waals surface area contributed by atoms with Crippen molar-refractivity contribution in [3.8, 4) is 0 Å². The van der Waals surface area contributed by atoms with E-state index in [0.717, 1.165) is 17.0 Å². The molecule has 4 nitrogen and oxygen atoms in total. The highest BCUT2D eigenvalue weighted by Crippen LogP contribution is 2.50. The summed E-state index contributed by atoms with van der Waals surface area (Å²) in [5, 5.41) is 1.19. The van der Waals surface area contributed by atoms with Crippen molar-refractivity contribution in [1.29, 1.82) is 0 Å². The molecule has 0 spiro atoms. The van der Waals surface area contributed by atoms with Crippen LogP contribution in [0, 0.1) is 6.92 Å². The molecule has 0 unspecified atom stereocenters. The van der Waals surface area contributed by atoms with Crippen LogP contribution in [0.3, 0.4) is 0 Å². The maximum atomic E-state index is 4.72. The summed E-state index contributed by atoms with van der Waals surface area (Å²) in [6.45, 7) is 4.39. The molecule has 19 heavy (non-hydrogen) atoms. The van der Waals surface area contributed by atoms with Crippen LogP contribution in [-0.4, -0.2) is 19.5 Å². The van der Waals surface area contributed by atoms with E-state index >= 15 is 0 Å². The Balaban J connectivity index is 2.08. The van der Waals surface area contributed by atoms with Crippen LogP contribution >= 0.6 is 0 Å². The number of fused-ring (bicyclic) bond motifs is 3. The lowest BCUT2D eigenvalue weighted by molar-refractivity contribution is 0.442. The topological polar surface area (TPSA) is 46.5 Å². The van der Waals surface area contributed by atoms with Crippen molar-refractivity contribution in [2.75, 3.05) is 0 Å². The third kappa shape index (κ3) is 1.40. The van der Waals surface area contributed by atoms with E-state index in [1.807, 2.05) is 12.4 Å². The highest BCUT2D eigenvalue weighted by atomic mass is 15.2. The Labute approximate surface area is 111 Å². The van der Waals surface area contributed by atoms with E-state index in [0.29, 0.717) is 5.54 Å². The van der Waals surface area contributed by atoms with Crippen molar-refractivity contribution >= 4 is 22.1 Å². The predicted molar refractivity (Wildman–Crippen MR) is 76.2 cm³/mol. The number of H-pyrrole nitrogens is 1. The Morgan fingerprint density at radius 2 is 2.26 bits per heavy atom.